The summed E-state index contributed by atoms with van der Waals surface area (Å²) < 4.78 is 35.2. The van der Waals surface area contributed by atoms with Gasteiger partial charge in [0.1, 0.15) is 0 Å². The monoisotopic (exact) mass is 226 g/mol. The van der Waals surface area contributed by atoms with Crippen LogP contribution in [-0.4, -0.2) is 25.8 Å². The van der Waals surface area contributed by atoms with Gasteiger partial charge >= 0.3 is 6.18 Å². The second-order valence-electron chi connectivity index (χ2n) is 3.79. The number of halogens is 3. The maximum atomic E-state index is 11.7. The summed E-state index contributed by atoms with van der Waals surface area (Å²) in [4.78, 5) is 0. The summed E-state index contributed by atoms with van der Waals surface area (Å²) in [5.41, 5.74) is 5.43. The smallest absolute Gasteiger partial charge is 0.330 e. The maximum absolute atomic E-state index is 11.7. The largest absolute Gasteiger partial charge is 0.401 e. The Morgan fingerprint density at radius 1 is 1.27 bits per heavy atom. The summed E-state index contributed by atoms with van der Waals surface area (Å²) in [7, 11) is 0. The lowest BCUT2D eigenvalue weighted by atomic mass is 9.97. The Bertz CT molecular complexity index is 148. The molecule has 0 fully saturated rings. The van der Waals surface area contributed by atoms with Crippen molar-refractivity contribution in [1.29, 1.82) is 0 Å². The van der Waals surface area contributed by atoms with Crippen LogP contribution >= 0.6 is 0 Å². The zero-order valence-corrected chi connectivity index (χ0v) is 9.24. The summed E-state index contributed by atoms with van der Waals surface area (Å²) in [6.45, 7) is 2.29. The molecule has 0 bridgehead atoms. The fraction of sp³-hybridized carbons (Fsp3) is 1.00. The highest BCUT2D eigenvalue weighted by atomic mass is 19.4. The zero-order valence-electron chi connectivity index (χ0n) is 9.24. The summed E-state index contributed by atoms with van der Waals surface area (Å²) in [5, 5.41) is 2.39. The topological polar surface area (TPSA) is 38.0 Å². The molecule has 0 radical (unpaired) electrons. The van der Waals surface area contributed by atoms with Gasteiger partial charge in [0.2, 0.25) is 0 Å². The van der Waals surface area contributed by atoms with Crippen molar-refractivity contribution in [3.05, 3.63) is 0 Å². The molecule has 0 aliphatic rings. The van der Waals surface area contributed by atoms with E-state index in [9.17, 15) is 13.2 Å². The molecule has 5 heteroatoms. The van der Waals surface area contributed by atoms with Crippen molar-refractivity contribution >= 4 is 0 Å². The Balaban J connectivity index is 3.36. The fourth-order valence-electron chi connectivity index (χ4n) is 1.53. The van der Waals surface area contributed by atoms with Crippen molar-refractivity contribution in [2.45, 2.75) is 38.8 Å². The van der Waals surface area contributed by atoms with Crippen LogP contribution in [0.25, 0.3) is 0 Å². The third kappa shape index (κ3) is 10.0. The van der Waals surface area contributed by atoms with Crippen molar-refractivity contribution < 1.29 is 13.2 Å². The third-order valence-electron chi connectivity index (χ3n) is 2.44. The highest BCUT2D eigenvalue weighted by Gasteiger charge is 2.25. The zero-order chi connectivity index (χ0) is 11.7. The van der Waals surface area contributed by atoms with E-state index in [1.165, 1.54) is 0 Å². The first-order valence-corrected chi connectivity index (χ1v) is 5.47. The minimum atomic E-state index is -4.10. The highest BCUT2D eigenvalue weighted by Crippen LogP contribution is 2.15. The minimum Gasteiger partial charge on any atom is -0.330 e. The number of rotatable bonds is 8. The molecule has 0 rings (SSSR count). The van der Waals surface area contributed by atoms with Crippen molar-refractivity contribution in [1.82, 2.24) is 5.32 Å². The van der Waals surface area contributed by atoms with E-state index < -0.39 is 12.7 Å². The van der Waals surface area contributed by atoms with Gasteiger partial charge in [0.15, 0.2) is 0 Å². The van der Waals surface area contributed by atoms with Crippen LogP contribution in [0.1, 0.15) is 32.6 Å². The van der Waals surface area contributed by atoms with Gasteiger partial charge in [0.05, 0.1) is 6.54 Å². The van der Waals surface area contributed by atoms with E-state index in [0.717, 1.165) is 25.7 Å². The molecule has 0 saturated heterocycles. The molecule has 0 aromatic carbocycles. The van der Waals surface area contributed by atoms with Crippen LogP contribution in [0.5, 0.6) is 0 Å². The van der Waals surface area contributed by atoms with Gasteiger partial charge in [-0.3, -0.25) is 0 Å². The molecule has 0 aromatic rings. The Kier molecular flexibility index (Phi) is 7.78. The standard InChI is InChI=1S/C10H21F3N2/c1-2-9(5-6-14)4-3-7-15-8-10(11,12)13/h9,15H,2-8,14H2,1H3. The molecule has 3 N–H and O–H groups in total. The average molecular weight is 226 g/mol. The summed E-state index contributed by atoms with van der Waals surface area (Å²) in [6.07, 6.45) is -0.333. The predicted octanol–water partition coefficient (Wildman–Crippen LogP) is 2.29. The third-order valence-corrected chi connectivity index (χ3v) is 2.44. The summed E-state index contributed by atoms with van der Waals surface area (Å²) in [5.74, 6) is 0.558. The van der Waals surface area contributed by atoms with Gasteiger partial charge in [-0.25, -0.2) is 0 Å². The van der Waals surface area contributed by atoms with Crippen molar-refractivity contribution in [3.8, 4) is 0 Å². The lowest BCUT2D eigenvalue weighted by Gasteiger charge is -2.13. The van der Waals surface area contributed by atoms with Crippen molar-refractivity contribution in [2.24, 2.45) is 11.7 Å². The van der Waals surface area contributed by atoms with E-state index in [-0.39, 0.29) is 0 Å². The normalized spacial score (nSPS) is 14.2. The molecule has 1 unspecified atom stereocenters. The summed E-state index contributed by atoms with van der Waals surface area (Å²) >= 11 is 0. The minimum absolute atomic E-state index is 0.431. The van der Waals surface area contributed by atoms with Crippen LogP contribution in [0.15, 0.2) is 0 Å². The average Bonchev–Trinajstić information content (AvgIpc) is 2.14. The number of hydrogen-bond donors (Lipinski definition) is 2. The maximum Gasteiger partial charge on any atom is 0.401 e. The SMILES string of the molecule is CCC(CCN)CCCNCC(F)(F)F. The van der Waals surface area contributed by atoms with Gasteiger partial charge in [0, 0.05) is 0 Å². The quantitative estimate of drug-likeness (QED) is 0.623. The lowest BCUT2D eigenvalue weighted by molar-refractivity contribution is -0.124. The van der Waals surface area contributed by atoms with E-state index in [1.807, 2.05) is 0 Å². The number of alkyl halides is 3. The van der Waals surface area contributed by atoms with Gasteiger partial charge < -0.3 is 11.1 Å². The lowest BCUT2D eigenvalue weighted by Crippen LogP contribution is -2.29. The molecule has 0 aliphatic carbocycles. The van der Waals surface area contributed by atoms with E-state index >= 15 is 0 Å². The molecule has 0 heterocycles. The Labute approximate surface area is 89.4 Å². The predicted molar refractivity (Wildman–Crippen MR) is 55.6 cm³/mol. The second kappa shape index (κ2) is 7.93. The Morgan fingerprint density at radius 3 is 2.40 bits per heavy atom. The second-order valence-corrected chi connectivity index (χ2v) is 3.79. The molecule has 0 amide bonds. The van der Waals surface area contributed by atoms with Crippen molar-refractivity contribution in [2.75, 3.05) is 19.6 Å². The van der Waals surface area contributed by atoms with Gasteiger partial charge in [-0.05, 0) is 38.3 Å². The van der Waals surface area contributed by atoms with Crippen LogP contribution in [0.2, 0.25) is 0 Å². The van der Waals surface area contributed by atoms with Crippen LogP contribution in [0.3, 0.4) is 0 Å². The van der Waals surface area contributed by atoms with Crippen LogP contribution < -0.4 is 11.1 Å². The van der Waals surface area contributed by atoms with Gasteiger partial charge in [-0.1, -0.05) is 13.3 Å². The molecule has 0 saturated carbocycles. The first-order valence-electron chi connectivity index (χ1n) is 5.47. The van der Waals surface area contributed by atoms with Gasteiger partial charge in [0.25, 0.3) is 0 Å². The van der Waals surface area contributed by atoms with Crippen molar-refractivity contribution in [3.63, 3.8) is 0 Å². The van der Waals surface area contributed by atoms with Crippen LogP contribution in [0.4, 0.5) is 13.2 Å². The van der Waals surface area contributed by atoms with Gasteiger partial charge in [-0.2, -0.15) is 13.2 Å². The Hall–Kier alpha value is -0.290. The van der Waals surface area contributed by atoms with Crippen LogP contribution in [0, 0.1) is 5.92 Å². The van der Waals surface area contributed by atoms with E-state index in [1.54, 1.807) is 0 Å². The number of hydrogen-bond acceptors (Lipinski definition) is 2. The Morgan fingerprint density at radius 2 is 1.93 bits per heavy atom. The summed E-state index contributed by atoms with van der Waals surface area (Å²) in [6, 6.07) is 0. The molecule has 92 valence electrons. The highest BCUT2D eigenvalue weighted by molar-refractivity contribution is 4.61. The number of nitrogens with one attached hydrogen (secondary N) is 1. The molecule has 1 atom stereocenters. The molecule has 2 nitrogen and oxygen atoms in total. The van der Waals surface area contributed by atoms with E-state index in [2.05, 4.69) is 12.2 Å². The number of nitrogens with two attached hydrogens (primary N) is 1. The molecule has 15 heavy (non-hydrogen) atoms. The van der Waals surface area contributed by atoms with Gasteiger partial charge in [-0.15, -0.1) is 0 Å². The first-order chi connectivity index (χ1) is 6.99. The molecule has 0 aromatic heterocycles. The van der Waals surface area contributed by atoms with Crippen LogP contribution in [-0.2, 0) is 0 Å². The van der Waals surface area contributed by atoms with E-state index in [0.29, 0.717) is 19.0 Å². The fourth-order valence-corrected chi connectivity index (χ4v) is 1.53. The molecule has 0 spiro atoms. The molecular formula is C10H21F3N2. The van der Waals surface area contributed by atoms with E-state index in [4.69, 9.17) is 5.73 Å². The first kappa shape index (κ1) is 14.7. The molecule has 0 aliphatic heterocycles. The molecular weight excluding hydrogens is 205 g/mol.